The van der Waals surface area contributed by atoms with Gasteiger partial charge in [-0.2, -0.15) is 0 Å². The highest BCUT2D eigenvalue weighted by atomic mass is 16.2. The molecule has 2 aliphatic heterocycles. The number of nitrogens with two attached hydrogens (primary N) is 3. The lowest BCUT2D eigenvalue weighted by Crippen LogP contribution is -2.56. The van der Waals surface area contributed by atoms with Crippen LogP contribution in [0.5, 0.6) is 0 Å². The second kappa shape index (κ2) is 18.7. The Kier molecular flexibility index (Phi) is 14.5. The van der Waals surface area contributed by atoms with E-state index < -0.39 is 35.9 Å². The lowest BCUT2D eigenvalue weighted by Gasteiger charge is -2.36. The van der Waals surface area contributed by atoms with Gasteiger partial charge in [-0.3, -0.25) is 28.9 Å². The van der Waals surface area contributed by atoms with Gasteiger partial charge in [0.05, 0.1) is 18.6 Å². The Labute approximate surface area is 295 Å². The van der Waals surface area contributed by atoms with Crippen LogP contribution in [0.25, 0.3) is 0 Å². The van der Waals surface area contributed by atoms with E-state index in [-0.39, 0.29) is 55.0 Å². The van der Waals surface area contributed by atoms with Crippen LogP contribution < -0.4 is 27.8 Å². The lowest BCUT2D eigenvalue weighted by atomic mass is 9.88. The third kappa shape index (κ3) is 11.2. The maximum absolute atomic E-state index is 14.0. The molecule has 2 aliphatic rings. The number of amides is 4. The van der Waals surface area contributed by atoms with Gasteiger partial charge in [0.2, 0.25) is 23.6 Å². The summed E-state index contributed by atoms with van der Waals surface area (Å²) in [4.78, 5) is 70.6. The quantitative estimate of drug-likeness (QED) is 0.128. The van der Waals surface area contributed by atoms with Crippen molar-refractivity contribution in [3.8, 4) is 0 Å². The summed E-state index contributed by atoms with van der Waals surface area (Å²) >= 11 is 0. The van der Waals surface area contributed by atoms with Crippen LogP contribution in [0.2, 0.25) is 0 Å². The van der Waals surface area contributed by atoms with Gasteiger partial charge in [0, 0.05) is 37.5 Å². The van der Waals surface area contributed by atoms with Crippen LogP contribution in [0.4, 0.5) is 0 Å². The lowest BCUT2D eigenvalue weighted by molar-refractivity contribution is -0.140. The van der Waals surface area contributed by atoms with Crippen LogP contribution in [0, 0.1) is 11.8 Å². The molecule has 2 aromatic rings. The molecular formula is C38H55N7O5. The summed E-state index contributed by atoms with van der Waals surface area (Å²) in [6.07, 6.45) is 3.45. The molecule has 2 aromatic carbocycles. The van der Waals surface area contributed by atoms with Gasteiger partial charge in [0.15, 0.2) is 5.78 Å². The highest BCUT2D eigenvalue weighted by molar-refractivity contribution is 5.95. The van der Waals surface area contributed by atoms with Crippen molar-refractivity contribution < 1.29 is 24.0 Å². The number of ketones is 1. The summed E-state index contributed by atoms with van der Waals surface area (Å²) < 4.78 is 0. The molecule has 2 bridgehead atoms. The fourth-order valence-corrected chi connectivity index (χ4v) is 7.22. The third-order valence-electron chi connectivity index (χ3n) is 9.75. The van der Waals surface area contributed by atoms with Crippen molar-refractivity contribution in [3.63, 3.8) is 0 Å². The Hall–Kier alpha value is -4.13. The molecule has 0 spiro atoms. The first-order valence-corrected chi connectivity index (χ1v) is 17.9. The predicted octanol–water partition coefficient (Wildman–Crippen LogP) is 1.29. The standard InChI is InChI=1S/C38H55N7O5/c1-25(2)17-28(36(48)42-32(15-9-10-16-39)38(50)45-23-29-21-30(45)22-44(29)24-35(41)47)20-34(46)33(19-27-13-7-4-8-14-27)43-37(49)31(40)18-26-11-5-3-6-12-26/h3-8,11-14,25,28-33H,9-10,15-24,39-40H2,1-2H3,(H2,41,47)(H,42,48)(H,43,49). The number of Topliss-reactive ketones (excluding diaryl/α,β-unsaturated/α-hetero) is 1. The SMILES string of the molecule is CC(C)CC(CC(=O)C(Cc1ccccc1)NC(=O)C(N)Cc1ccccc1)C(=O)NC(CCCCN)C(=O)N1CC2CC1CN2CC(N)=O. The maximum Gasteiger partial charge on any atom is 0.245 e. The number of carbonyl (C=O) groups excluding carboxylic acids is 5. The third-order valence-corrected chi connectivity index (χ3v) is 9.75. The molecule has 0 saturated carbocycles. The molecule has 2 heterocycles. The van der Waals surface area contributed by atoms with Crippen LogP contribution in [0.15, 0.2) is 60.7 Å². The summed E-state index contributed by atoms with van der Waals surface area (Å²) in [6, 6.07) is 16.4. The highest BCUT2D eigenvalue weighted by Crippen LogP contribution is 2.31. The molecule has 2 saturated heterocycles. The van der Waals surface area contributed by atoms with Gasteiger partial charge in [0.25, 0.3) is 0 Å². The van der Waals surface area contributed by atoms with Gasteiger partial charge in [-0.25, -0.2) is 0 Å². The molecule has 4 amide bonds. The van der Waals surface area contributed by atoms with Crippen LogP contribution in [0.3, 0.4) is 0 Å². The number of likely N-dealkylation sites (tertiary alicyclic amines) is 2. The van der Waals surface area contributed by atoms with Crippen molar-refractivity contribution in [1.29, 1.82) is 0 Å². The molecule has 12 heteroatoms. The van der Waals surface area contributed by atoms with Gasteiger partial charge < -0.3 is 32.7 Å². The first-order chi connectivity index (χ1) is 23.9. The molecular weight excluding hydrogens is 634 g/mol. The van der Waals surface area contributed by atoms with E-state index in [0.29, 0.717) is 51.7 Å². The first kappa shape index (κ1) is 38.7. The van der Waals surface area contributed by atoms with E-state index in [4.69, 9.17) is 17.2 Å². The number of carbonyl (C=O) groups is 5. The topological polar surface area (TPSA) is 194 Å². The Morgan fingerprint density at radius 1 is 0.820 bits per heavy atom. The maximum atomic E-state index is 14.0. The van der Waals surface area contributed by atoms with Gasteiger partial charge >= 0.3 is 0 Å². The molecule has 50 heavy (non-hydrogen) atoms. The number of hydrogen-bond donors (Lipinski definition) is 5. The normalized spacial score (nSPS) is 19.5. The Bertz CT molecular complexity index is 1440. The molecule has 0 radical (unpaired) electrons. The van der Waals surface area contributed by atoms with Crippen LogP contribution in [0.1, 0.15) is 63.5 Å². The Balaban J connectivity index is 1.47. The molecule has 2 fully saturated rings. The van der Waals surface area contributed by atoms with Gasteiger partial charge in [-0.05, 0) is 68.5 Å². The molecule has 0 aliphatic carbocycles. The summed E-state index contributed by atoms with van der Waals surface area (Å²) in [7, 11) is 0. The zero-order chi connectivity index (χ0) is 36.2. The highest BCUT2D eigenvalue weighted by Gasteiger charge is 2.47. The molecule has 0 aromatic heterocycles. The second-order valence-corrected chi connectivity index (χ2v) is 14.3. The van der Waals surface area contributed by atoms with Gasteiger partial charge in [0.1, 0.15) is 6.04 Å². The van der Waals surface area contributed by atoms with Crippen molar-refractivity contribution in [3.05, 3.63) is 71.8 Å². The van der Waals surface area contributed by atoms with E-state index >= 15 is 0 Å². The molecule has 6 unspecified atom stereocenters. The smallest absolute Gasteiger partial charge is 0.245 e. The number of rotatable bonds is 20. The van der Waals surface area contributed by atoms with Crippen molar-refractivity contribution in [2.24, 2.45) is 29.0 Å². The van der Waals surface area contributed by atoms with Crippen LogP contribution in [-0.2, 0) is 36.8 Å². The van der Waals surface area contributed by atoms with E-state index in [0.717, 1.165) is 17.5 Å². The molecule has 12 nitrogen and oxygen atoms in total. The molecule has 6 atom stereocenters. The zero-order valence-corrected chi connectivity index (χ0v) is 29.5. The zero-order valence-electron chi connectivity index (χ0n) is 29.5. The molecule has 272 valence electrons. The van der Waals surface area contributed by atoms with Crippen molar-refractivity contribution in [2.45, 2.75) is 95.4 Å². The van der Waals surface area contributed by atoms with E-state index in [1.54, 1.807) is 0 Å². The van der Waals surface area contributed by atoms with Gasteiger partial charge in [-0.1, -0.05) is 74.5 Å². The van der Waals surface area contributed by atoms with Gasteiger partial charge in [-0.15, -0.1) is 0 Å². The number of nitrogens with zero attached hydrogens (tertiary/aromatic N) is 2. The molecule has 4 rings (SSSR count). The summed E-state index contributed by atoms with van der Waals surface area (Å²) in [5.74, 6) is -2.23. The number of fused-ring (bicyclic) bond motifs is 2. The average molecular weight is 690 g/mol. The number of primary amides is 1. The van der Waals surface area contributed by atoms with E-state index in [2.05, 4.69) is 10.6 Å². The van der Waals surface area contributed by atoms with Crippen molar-refractivity contribution in [1.82, 2.24) is 20.4 Å². The van der Waals surface area contributed by atoms with E-state index in [1.165, 1.54) is 0 Å². The molecule has 8 N–H and O–H groups in total. The largest absolute Gasteiger partial charge is 0.369 e. The summed E-state index contributed by atoms with van der Waals surface area (Å²) in [5.41, 5.74) is 19.2. The minimum absolute atomic E-state index is 0.0515. The fraction of sp³-hybridized carbons (Fsp3) is 0.553. The van der Waals surface area contributed by atoms with Crippen LogP contribution in [-0.4, -0.2) is 95.6 Å². The minimum atomic E-state index is -0.889. The number of nitrogens with one attached hydrogen (secondary N) is 2. The summed E-state index contributed by atoms with van der Waals surface area (Å²) in [5, 5.41) is 5.92. The number of unbranched alkanes of at least 4 members (excludes halogenated alkanes) is 1. The number of benzene rings is 2. The van der Waals surface area contributed by atoms with E-state index in [1.807, 2.05) is 84.3 Å². The van der Waals surface area contributed by atoms with Crippen molar-refractivity contribution in [2.75, 3.05) is 26.2 Å². The number of hydrogen-bond acceptors (Lipinski definition) is 8. The second-order valence-electron chi connectivity index (χ2n) is 14.3. The van der Waals surface area contributed by atoms with Crippen molar-refractivity contribution >= 4 is 29.4 Å². The van der Waals surface area contributed by atoms with Crippen LogP contribution >= 0.6 is 0 Å². The first-order valence-electron chi connectivity index (χ1n) is 17.9. The fourth-order valence-electron chi connectivity index (χ4n) is 7.22. The Morgan fingerprint density at radius 2 is 1.44 bits per heavy atom. The summed E-state index contributed by atoms with van der Waals surface area (Å²) in [6.45, 7) is 5.64. The monoisotopic (exact) mass is 689 g/mol. The average Bonchev–Trinajstić information content (AvgIpc) is 3.68. The Morgan fingerprint density at radius 3 is 2.00 bits per heavy atom. The number of piperazine rings is 1. The van der Waals surface area contributed by atoms with E-state index in [9.17, 15) is 24.0 Å². The predicted molar refractivity (Wildman–Crippen MR) is 192 cm³/mol. The minimum Gasteiger partial charge on any atom is -0.369 e.